The van der Waals surface area contributed by atoms with Crippen LogP contribution in [0.1, 0.15) is 30.6 Å². The highest BCUT2D eigenvalue weighted by molar-refractivity contribution is 6.29. The monoisotopic (exact) mass is 354 g/mol. The fourth-order valence-electron chi connectivity index (χ4n) is 3.37. The molecule has 7 heteroatoms. The fraction of sp³-hybridized carbons (Fsp3) is 0.647. The number of ether oxygens (including phenoxy) is 1. The summed E-state index contributed by atoms with van der Waals surface area (Å²) in [6.07, 6.45) is 1.92. The quantitative estimate of drug-likeness (QED) is 0.832. The van der Waals surface area contributed by atoms with E-state index in [9.17, 15) is 9.59 Å². The molecule has 0 bridgehead atoms. The normalized spacial score (nSPS) is 25.4. The molecule has 0 saturated carbocycles. The van der Waals surface area contributed by atoms with Gasteiger partial charge >= 0.3 is 0 Å². The van der Waals surface area contributed by atoms with E-state index >= 15 is 0 Å². The number of halogens is 1. The minimum absolute atomic E-state index is 0.0735. The van der Waals surface area contributed by atoms with Crippen molar-refractivity contribution in [3.05, 3.63) is 23.1 Å². The van der Waals surface area contributed by atoms with Crippen LogP contribution in [0.5, 0.6) is 0 Å². The summed E-state index contributed by atoms with van der Waals surface area (Å²) in [6, 6.07) is 1.51. The fourth-order valence-corrected chi connectivity index (χ4v) is 3.53. The van der Waals surface area contributed by atoms with Crippen LogP contribution in [0.2, 0.25) is 5.22 Å². The number of amides is 2. The largest absolute Gasteiger partial charge is 0.452 e. The van der Waals surface area contributed by atoms with Crippen LogP contribution in [-0.2, 0) is 9.53 Å². The second kappa shape index (κ2) is 6.41. The van der Waals surface area contributed by atoms with Crippen molar-refractivity contribution in [1.82, 2.24) is 9.80 Å². The molecule has 2 saturated heterocycles. The van der Waals surface area contributed by atoms with Gasteiger partial charge in [-0.05, 0) is 23.9 Å². The molecule has 3 heterocycles. The molecule has 2 fully saturated rings. The number of nitrogens with zero attached hydrogens (tertiary/aromatic N) is 2. The summed E-state index contributed by atoms with van der Waals surface area (Å²) in [7, 11) is 1.76. The van der Waals surface area contributed by atoms with Crippen LogP contribution in [0.3, 0.4) is 0 Å². The predicted molar refractivity (Wildman–Crippen MR) is 88.9 cm³/mol. The van der Waals surface area contributed by atoms with Crippen LogP contribution in [0.25, 0.3) is 0 Å². The lowest BCUT2D eigenvalue weighted by atomic mass is 9.82. The van der Waals surface area contributed by atoms with Crippen molar-refractivity contribution in [3.8, 4) is 0 Å². The van der Waals surface area contributed by atoms with Gasteiger partial charge in [0.25, 0.3) is 11.8 Å². The van der Waals surface area contributed by atoms with Crippen molar-refractivity contribution in [2.75, 3.05) is 33.3 Å². The van der Waals surface area contributed by atoms with E-state index in [-0.39, 0.29) is 34.5 Å². The van der Waals surface area contributed by atoms with Crippen molar-refractivity contribution in [2.45, 2.75) is 26.4 Å². The predicted octanol–water partition coefficient (Wildman–Crippen LogP) is 2.28. The SMILES string of the molecule is CN(CC1CCN(C(=O)C2OCC2(C)C)C1)C(=O)c1coc(Cl)c1. The highest BCUT2D eigenvalue weighted by Crippen LogP contribution is 2.35. The summed E-state index contributed by atoms with van der Waals surface area (Å²) in [5, 5.41) is 0.201. The van der Waals surface area contributed by atoms with E-state index in [1.807, 2.05) is 4.90 Å². The summed E-state index contributed by atoms with van der Waals surface area (Å²) in [5.74, 6) is 0.219. The second-order valence-corrected chi connectivity index (χ2v) is 7.82. The third kappa shape index (κ3) is 3.30. The van der Waals surface area contributed by atoms with E-state index in [1.54, 1.807) is 11.9 Å². The van der Waals surface area contributed by atoms with Gasteiger partial charge in [-0.25, -0.2) is 0 Å². The van der Waals surface area contributed by atoms with Crippen molar-refractivity contribution in [3.63, 3.8) is 0 Å². The third-order valence-electron chi connectivity index (χ3n) is 4.85. The van der Waals surface area contributed by atoms with Crippen molar-refractivity contribution in [1.29, 1.82) is 0 Å². The van der Waals surface area contributed by atoms with Crippen molar-refractivity contribution < 1.29 is 18.7 Å². The summed E-state index contributed by atoms with van der Waals surface area (Å²) in [4.78, 5) is 28.4. The van der Waals surface area contributed by atoms with Gasteiger partial charge < -0.3 is 19.0 Å². The summed E-state index contributed by atoms with van der Waals surface area (Å²) < 4.78 is 10.4. The van der Waals surface area contributed by atoms with Gasteiger partial charge in [0.05, 0.1) is 12.2 Å². The van der Waals surface area contributed by atoms with Gasteiger partial charge in [0.1, 0.15) is 12.4 Å². The molecule has 2 atom stereocenters. The minimum Gasteiger partial charge on any atom is -0.452 e. The number of carbonyl (C=O) groups excluding carboxylic acids is 2. The van der Waals surface area contributed by atoms with E-state index in [1.165, 1.54) is 12.3 Å². The third-order valence-corrected chi connectivity index (χ3v) is 5.04. The maximum absolute atomic E-state index is 12.5. The Bertz CT molecular complexity index is 642. The van der Waals surface area contributed by atoms with E-state index in [2.05, 4.69) is 13.8 Å². The van der Waals surface area contributed by atoms with Gasteiger partial charge in [-0.3, -0.25) is 9.59 Å². The Kier molecular flexibility index (Phi) is 4.62. The molecule has 1 aromatic heterocycles. The second-order valence-electron chi connectivity index (χ2n) is 7.44. The summed E-state index contributed by atoms with van der Waals surface area (Å²) >= 11 is 5.71. The van der Waals surface area contributed by atoms with Crippen LogP contribution >= 0.6 is 11.6 Å². The Hall–Kier alpha value is -1.53. The molecule has 0 spiro atoms. The maximum atomic E-state index is 12.5. The van der Waals surface area contributed by atoms with Gasteiger partial charge in [-0.15, -0.1) is 0 Å². The molecule has 2 aliphatic rings. The number of hydrogen-bond donors (Lipinski definition) is 0. The Labute approximate surface area is 146 Å². The van der Waals surface area contributed by atoms with Crippen LogP contribution in [-0.4, -0.2) is 61.0 Å². The first kappa shape index (κ1) is 17.3. The van der Waals surface area contributed by atoms with E-state index in [4.69, 9.17) is 20.8 Å². The van der Waals surface area contributed by atoms with Gasteiger partial charge in [0.2, 0.25) is 0 Å². The number of likely N-dealkylation sites (tertiary alicyclic amines) is 1. The van der Waals surface area contributed by atoms with Crippen molar-refractivity contribution in [2.24, 2.45) is 11.3 Å². The van der Waals surface area contributed by atoms with Crippen LogP contribution in [0.15, 0.2) is 16.7 Å². The van der Waals surface area contributed by atoms with Gasteiger partial charge in [-0.1, -0.05) is 13.8 Å². The molecule has 1 aromatic rings. The molecule has 0 aromatic carbocycles. The summed E-state index contributed by atoms with van der Waals surface area (Å²) in [5.41, 5.74) is 0.362. The van der Waals surface area contributed by atoms with Crippen molar-refractivity contribution >= 4 is 23.4 Å². The Balaban J connectivity index is 1.52. The standard InChI is InChI=1S/C17H23ClN2O4/c1-17(2)10-24-14(17)16(22)20-5-4-11(8-20)7-19(3)15(21)12-6-13(18)23-9-12/h6,9,11,14H,4-5,7-8,10H2,1-3H3. The number of hydrogen-bond acceptors (Lipinski definition) is 4. The zero-order valence-electron chi connectivity index (χ0n) is 14.3. The van der Waals surface area contributed by atoms with E-state index < -0.39 is 0 Å². The number of carbonyl (C=O) groups is 2. The molecular weight excluding hydrogens is 332 g/mol. The Morgan fingerprint density at radius 3 is 2.75 bits per heavy atom. The topological polar surface area (TPSA) is 63.0 Å². The first-order valence-corrected chi connectivity index (χ1v) is 8.55. The Morgan fingerprint density at radius 2 is 2.21 bits per heavy atom. The zero-order valence-corrected chi connectivity index (χ0v) is 15.0. The average molecular weight is 355 g/mol. The number of furan rings is 1. The summed E-state index contributed by atoms with van der Waals surface area (Å²) in [6.45, 7) is 6.72. The van der Waals surface area contributed by atoms with Gasteiger partial charge in [0.15, 0.2) is 5.22 Å². The molecule has 0 N–H and O–H groups in total. The molecule has 0 radical (unpaired) electrons. The molecule has 2 aliphatic heterocycles. The average Bonchev–Trinajstić information content (AvgIpc) is 3.14. The molecule has 2 unspecified atom stereocenters. The molecule has 2 amide bonds. The molecule has 24 heavy (non-hydrogen) atoms. The highest BCUT2D eigenvalue weighted by atomic mass is 35.5. The number of rotatable bonds is 4. The van der Waals surface area contributed by atoms with Gasteiger partial charge in [-0.2, -0.15) is 0 Å². The smallest absolute Gasteiger partial charge is 0.256 e. The van der Waals surface area contributed by atoms with E-state index in [0.29, 0.717) is 25.3 Å². The van der Waals surface area contributed by atoms with Gasteiger partial charge in [0, 0.05) is 38.2 Å². The minimum atomic E-state index is -0.330. The maximum Gasteiger partial charge on any atom is 0.256 e. The molecular formula is C17H23ClN2O4. The molecule has 3 rings (SSSR count). The zero-order chi connectivity index (χ0) is 17.5. The van der Waals surface area contributed by atoms with Crippen LogP contribution < -0.4 is 0 Å². The van der Waals surface area contributed by atoms with Crippen LogP contribution in [0.4, 0.5) is 0 Å². The Morgan fingerprint density at radius 1 is 1.46 bits per heavy atom. The lowest BCUT2D eigenvalue weighted by Crippen LogP contribution is -2.56. The van der Waals surface area contributed by atoms with Crippen LogP contribution in [0, 0.1) is 11.3 Å². The first-order valence-electron chi connectivity index (χ1n) is 8.18. The lowest BCUT2D eigenvalue weighted by Gasteiger charge is -2.44. The molecule has 6 nitrogen and oxygen atoms in total. The van der Waals surface area contributed by atoms with E-state index in [0.717, 1.165) is 13.0 Å². The highest BCUT2D eigenvalue weighted by Gasteiger charge is 2.47. The first-order chi connectivity index (χ1) is 11.3. The molecule has 0 aliphatic carbocycles. The molecule has 132 valence electrons. The lowest BCUT2D eigenvalue weighted by molar-refractivity contribution is -0.191.